The summed E-state index contributed by atoms with van der Waals surface area (Å²) in [5, 5.41) is 17.3. The maximum atomic E-state index is 13.3. The number of nitro groups is 1. The van der Waals surface area contributed by atoms with Crippen LogP contribution in [-0.2, 0) is 13.6 Å². The molecule has 0 bridgehead atoms. The molecule has 1 aromatic carbocycles. The average Bonchev–Trinajstić information content (AvgIpc) is 2.70. The van der Waals surface area contributed by atoms with Crippen LogP contribution in [0.2, 0.25) is 0 Å². The Morgan fingerprint density at radius 1 is 1.50 bits per heavy atom. The van der Waals surface area contributed by atoms with Crippen molar-refractivity contribution in [1.82, 2.24) is 9.78 Å². The number of hydrogen-bond donors (Lipinski definition) is 1. The minimum Gasteiger partial charge on any atom is -0.378 e. The summed E-state index contributed by atoms with van der Waals surface area (Å²) in [6.07, 6.45) is 1.53. The Balaban J connectivity index is 2.16. The molecule has 1 aromatic heterocycles. The molecular weight excluding hydrogens is 239 g/mol. The second kappa shape index (κ2) is 4.82. The minimum absolute atomic E-state index is 0.144. The van der Waals surface area contributed by atoms with Crippen LogP contribution in [0.1, 0.15) is 5.56 Å². The number of anilines is 1. The maximum absolute atomic E-state index is 13.3. The first-order valence-electron chi connectivity index (χ1n) is 5.23. The van der Waals surface area contributed by atoms with E-state index in [-0.39, 0.29) is 12.4 Å². The monoisotopic (exact) mass is 250 g/mol. The van der Waals surface area contributed by atoms with Crippen molar-refractivity contribution in [2.24, 2.45) is 7.05 Å². The lowest BCUT2D eigenvalue weighted by Crippen LogP contribution is -2.03. The van der Waals surface area contributed by atoms with Gasteiger partial charge >= 0.3 is 5.82 Å². The molecule has 6 nitrogen and oxygen atoms in total. The van der Waals surface area contributed by atoms with Crippen LogP contribution in [0.3, 0.4) is 0 Å². The number of aryl methyl sites for hydroxylation is 1. The van der Waals surface area contributed by atoms with E-state index in [0.29, 0.717) is 11.3 Å². The molecule has 0 unspecified atom stereocenters. The Morgan fingerprint density at radius 3 is 2.89 bits per heavy atom. The van der Waals surface area contributed by atoms with Gasteiger partial charge in [0.1, 0.15) is 5.82 Å². The van der Waals surface area contributed by atoms with Crippen molar-refractivity contribution in [3.63, 3.8) is 0 Å². The van der Waals surface area contributed by atoms with E-state index in [1.165, 1.54) is 16.9 Å². The number of aromatic nitrogens is 2. The largest absolute Gasteiger partial charge is 0.394 e. The van der Waals surface area contributed by atoms with Crippen molar-refractivity contribution in [2.75, 3.05) is 5.32 Å². The third-order valence-corrected chi connectivity index (χ3v) is 2.40. The normalized spacial score (nSPS) is 10.3. The fourth-order valence-corrected chi connectivity index (χ4v) is 1.60. The summed E-state index contributed by atoms with van der Waals surface area (Å²) >= 11 is 0. The molecule has 1 heterocycles. The molecule has 0 spiro atoms. The fraction of sp³-hybridized carbons (Fsp3) is 0.182. The van der Waals surface area contributed by atoms with Crippen LogP contribution < -0.4 is 5.32 Å². The zero-order valence-electron chi connectivity index (χ0n) is 9.63. The molecule has 0 fully saturated rings. The van der Waals surface area contributed by atoms with Gasteiger partial charge in [0.15, 0.2) is 0 Å². The van der Waals surface area contributed by atoms with E-state index in [1.807, 2.05) is 0 Å². The van der Waals surface area contributed by atoms with E-state index in [0.717, 1.165) is 0 Å². The zero-order chi connectivity index (χ0) is 13.1. The minimum atomic E-state index is -0.557. The second-order valence-corrected chi connectivity index (χ2v) is 3.74. The molecule has 1 N–H and O–H groups in total. The van der Waals surface area contributed by atoms with Crippen LogP contribution >= 0.6 is 0 Å². The van der Waals surface area contributed by atoms with E-state index in [1.54, 1.807) is 25.2 Å². The van der Waals surface area contributed by atoms with E-state index in [4.69, 9.17) is 0 Å². The van der Waals surface area contributed by atoms with Gasteiger partial charge in [-0.3, -0.25) is 0 Å². The van der Waals surface area contributed by atoms with Gasteiger partial charge < -0.3 is 15.4 Å². The fourth-order valence-electron chi connectivity index (χ4n) is 1.60. The molecule has 0 saturated heterocycles. The van der Waals surface area contributed by atoms with E-state index in [2.05, 4.69) is 10.4 Å². The molecule has 7 heteroatoms. The summed E-state index contributed by atoms with van der Waals surface area (Å²) < 4.78 is 14.7. The number of rotatable bonds is 4. The van der Waals surface area contributed by atoms with Gasteiger partial charge in [-0.25, -0.2) is 4.39 Å². The first-order valence-corrected chi connectivity index (χ1v) is 5.23. The third kappa shape index (κ3) is 2.45. The summed E-state index contributed by atoms with van der Waals surface area (Å²) in [6.45, 7) is 0.144. The third-order valence-electron chi connectivity index (χ3n) is 2.40. The number of benzene rings is 1. The van der Waals surface area contributed by atoms with Crippen LogP contribution in [0.5, 0.6) is 0 Å². The van der Waals surface area contributed by atoms with Crippen LogP contribution in [0.15, 0.2) is 30.5 Å². The van der Waals surface area contributed by atoms with E-state index in [9.17, 15) is 14.5 Å². The van der Waals surface area contributed by atoms with Gasteiger partial charge in [-0.1, -0.05) is 12.1 Å². The lowest BCUT2D eigenvalue weighted by Gasteiger charge is -2.05. The van der Waals surface area contributed by atoms with Gasteiger partial charge in [0.25, 0.3) is 0 Å². The van der Waals surface area contributed by atoms with Gasteiger partial charge in [0.05, 0.1) is 36.1 Å². The van der Waals surface area contributed by atoms with Crippen molar-refractivity contribution in [2.45, 2.75) is 6.54 Å². The van der Waals surface area contributed by atoms with Crippen LogP contribution in [0.4, 0.5) is 15.9 Å². The Bertz CT molecular complexity index is 582. The van der Waals surface area contributed by atoms with Gasteiger partial charge in [-0.05, 0) is 17.1 Å². The highest BCUT2D eigenvalue weighted by Crippen LogP contribution is 2.18. The molecule has 0 aliphatic carbocycles. The first-order chi connectivity index (χ1) is 8.58. The van der Waals surface area contributed by atoms with Crippen molar-refractivity contribution < 1.29 is 9.31 Å². The van der Waals surface area contributed by atoms with E-state index >= 15 is 0 Å². The van der Waals surface area contributed by atoms with Crippen LogP contribution in [0.25, 0.3) is 0 Å². The highest BCUT2D eigenvalue weighted by atomic mass is 19.1. The molecule has 0 aliphatic rings. The summed E-state index contributed by atoms with van der Waals surface area (Å²) in [5.74, 6) is -0.620. The highest BCUT2D eigenvalue weighted by Gasteiger charge is 2.19. The summed E-state index contributed by atoms with van der Waals surface area (Å²) in [7, 11) is 1.60. The smallest absolute Gasteiger partial charge is 0.378 e. The second-order valence-electron chi connectivity index (χ2n) is 3.74. The number of hydrogen-bond acceptors (Lipinski definition) is 4. The molecule has 2 rings (SSSR count). The summed E-state index contributed by atoms with van der Waals surface area (Å²) in [5.41, 5.74) is 0.710. The molecule has 18 heavy (non-hydrogen) atoms. The number of halogens is 1. The molecule has 0 amide bonds. The van der Waals surface area contributed by atoms with Crippen LogP contribution in [-0.4, -0.2) is 14.7 Å². The van der Waals surface area contributed by atoms with Gasteiger partial charge in [-0.2, -0.15) is 4.68 Å². The highest BCUT2D eigenvalue weighted by molar-refractivity contribution is 5.46. The number of nitrogens with one attached hydrogen (secondary N) is 1. The number of para-hydroxylation sites is 1. The van der Waals surface area contributed by atoms with Crippen molar-refractivity contribution >= 4 is 11.5 Å². The van der Waals surface area contributed by atoms with Gasteiger partial charge in [0, 0.05) is 0 Å². The quantitative estimate of drug-likeness (QED) is 0.666. The lowest BCUT2D eigenvalue weighted by atomic mass is 10.2. The lowest BCUT2D eigenvalue weighted by molar-refractivity contribution is -0.390. The Kier molecular flexibility index (Phi) is 3.22. The van der Waals surface area contributed by atoms with E-state index < -0.39 is 10.7 Å². The standard InChI is InChI=1S/C11H11FN4O2/c1-15-7-8(11(14-15)16(17)18)6-13-10-5-3-2-4-9(10)12/h2-5,7,13H,6H2,1H3. The SMILES string of the molecule is Cn1cc(CNc2ccccc2F)c([N+](=O)[O-])n1. The van der Waals surface area contributed by atoms with Crippen LogP contribution in [0, 0.1) is 15.9 Å². The topological polar surface area (TPSA) is 73.0 Å². The maximum Gasteiger partial charge on any atom is 0.394 e. The van der Waals surface area contributed by atoms with Crippen molar-refractivity contribution in [1.29, 1.82) is 0 Å². The molecule has 2 aromatic rings. The molecule has 0 atom stereocenters. The summed E-state index contributed by atoms with van der Waals surface area (Å²) in [6, 6.07) is 6.15. The van der Waals surface area contributed by atoms with Crippen molar-refractivity contribution in [3.8, 4) is 0 Å². The summed E-state index contributed by atoms with van der Waals surface area (Å²) in [4.78, 5) is 10.2. The predicted molar refractivity (Wildman–Crippen MR) is 63.6 cm³/mol. The molecule has 0 radical (unpaired) electrons. The molecule has 0 saturated carbocycles. The Morgan fingerprint density at radius 2 is 2.22 bits per heavy atom. The van der Waals surface area contributed by atoms with Crippen molar-refractivity contribution in [3.05, 3.63) is 52.0 Å². The molecule has 94 valence electrons. The first kappa shape index (κ1) is 12.0. The van der Waals surface area contributed by atoms with Gasteiger partial charge in [0.2, 0.25) is 0 Å². The Hall–Kier alpha value is -2.44. The predicted octanol–water partition coefficient (Wildman–Crippen LogP) is 2.08. The molecular formula is C11H11FN4O2. The Labute approximate surface area is 102 Å². The zero-order valence-corrected chi connectivity index (χ0v) is 9.63. The average molecular weight is 250 g/mol. The molecule has 0 aliphatic heterocycles. The number of nitrogens with zero attached hydrogens (tertiary/aromatic N) is 3. The van der Waals surface area contributed by atoms with Gasteiger partial charge in [-0.15, -0.1) is 0 Å².